The lowest BCUT2D eigenvalue weighted by molar-refractivity contribution is 1.27. The molecule has 0 aromatic heterocycles. The first-order chi connectivity index (χ1) is 32.4. The van der Waals surface area contributed by atoms with Crippen molar-refractivity contribution in [3.8, 4) is 33.4 Å². The maximum atomic E-state index is 2.33. The van der Waals surface area contributed by atoms with Crippen molar-refractivity contribution < 1.29 is 0 Å². The molecule has 0 N–H and O–H groups in total. The van der Waals surface area contributed by atoms with Crippen LogP contribution < -0.4 is 14.7 Å². The van der Waals surface area contributed by atoms with Gasteiger partial charge in [-0.15, -0.1) is 0 Å². The Kier molecular flexibility index (Phi) is 11.8. The van der Waals surface area contributed by atoms with Crippen LogP contribution in [0.25, 0.3) is 33.4 Å². The molecule has 0 aliphatic heterocycles. The molecule has 0 fully saturated rings. The summed E-state index contributed by atoms with van der Waals surface area (Å²) in [6, 6.07) is 91.8. The van der Waals surface area contributed by atoms with E-state index in [0.717, 1.165) is 62.3 Å². The van der Waals surface area contributed by atoms with Gasteiger partial charge < -0.3 is 14.7 Å². The van der Waals surface area contributed by atoms with E-state index >= 15 is 0 Å². The molecule has 3 nitrogen and oxygen atoms in total. The number of para-hydroxylation sites is 2. The molecule has 0 unspecified atom stereocenters. The van der Waals surface area contributed by atoms with Crippen molar-refractivity contribution in [2.24, 2.45) is 0 Å². The number of hydrogen-bond donors (Lipinski definition) is 0. The first kappa shape index (κ1) is 41.6. The fourth-order valence-electron chi connectivity index (χ4n) is 8.64. The monoisotopic (exact) mass is 849 g/mol. The summed E-state index contributed by atoms with van der Waals surface area (Å²) in [6.45, 7) is 6.38. The van der Waals surface area contributed by atoms with Crippen LogP contribution in [-0.2, 0) is 0 Å². The summed E-state index contributed by atoms with van der Waals surface area (Å²) in [5.74, 6) is 0. The average Bonchev–Trinajstić information content (AvgIpc) is 3.37. The normalized spacial score (nSPS) is 11.0. The second-order valence-electron chi connectivity index (χ2n) is 16.9. The van der Waals surface area contributed by atoms with E-state index in [1.807, 2.05) is 0 Å². The molecule has 0 heterocycles. The zero-order valence-electron chi connectivity index (χ0n) is 37.6. The minimum atomic E-state index is 1.09. The Morgan fingerprint density at radius 2 is 0.318 bits per heavy atom. The van der Waals surface area contributed by atoms with E-state index in [4.69, 9.17) is 0 Å². The fraction of sp³-hybridized carbons (Fsp3) is 0.0476. The lowest BCUT2D eigenvalue weighted by Gasteiger charge is -2.26. The molecule has 0 saturated heterocycles. The molecule has 0 bridgehead atoms. The van der Waals surface area contributed by atoms with Crippen molar-refractivity contribution in [3.05, 3.63) is 271 Å². The first-order valence-electron chi connectivity index (χ1n) is 22.7. The Hall–Kier alpha value is -8.40. The molecule has 0 radical (unpaired) electrons. The minimum absolute atomic E-state index is 1.09. The number of rotatable bonds is 12. The summed E-state index contributed by atoms with van der Waals surface area (Å²) in [7, 11) is 0. The zero-order valence-corrected chi connectivity index (χ0v) is 37.6. The molecule has 0 aliphatic rings. The van der Waals surface area contributed by atoms with Crippen LogP contribution in [0.3, 0.4) is 0 Å². The van der Waals surface area contributed by atoms with Crippen molar-refractivity contribution >= 4 is 51.2 Å². The van der Waals surface area contributed by atoms with Gasteiger partial charge in [-0.2, -0.15) is 0 Å². The van der Waals surface area contributed by atoms with Crippen molar-refractivity contribution in [3.63, 3.8) is 0 Å². The van der Waals surface area contributed by atoms with Crippen LogP contribution in [-0.4, -0.2) is 0 Å². The van der Waals surface area contributed by atoms with E-state index in [1.165, 1.54) is 38.9 Å². The van der Waals surface area contributed by atoms with Gasteiger partial charge in [-0.3, -0.25) is 0 Å². The van der Waals surface area contributed by atoms with Crippen LogP contribution in [0, 0.1) is 20.8 Å². The largest absolute Gasteiger partial charge is 0.311 e. The van der Waals surface area contributed by atoms with Crippen LogP contribution in [0.5, 0.6) is 0 Å². The molecule has 10 aromatic carbocycles. The van der Waals surface area contributed by atoms with Gasteiger partial charge in [0.1, 0.15) is 0 Å². The average molecular weight is 850 g/mol. The first-order valence-corrected chi connectivity index (χ1v) is 22.7. The van der Waals surface area contributed by atoms with Crippen LogP contribution in [0.2, 0.25) is 0 Å². The molecule has 0 spiro atoms. The van der Waals surface area contributed by atoms with Crippen LogP contribution in [0.1, 0.15) is 16.7 Å². The lowest BCUT2D eigenvalue weighted by Crippen LogP contribution is -2.10. The van der Waals surface area contributed by atoms with E-state index < -0.39 is 0 Å². The van der Waals surface area contributed by atoms with E-state index in [0.29, 0.717) is 0 Å². The molecule has 0 atom stereocenters. The Labute approximate surface area is 389 Å². The molecule has 10 aromatic rings. The molecule has 318 valence electrons. The van der Waals surface area contributed by atoms with Gasteiger partial charge in [-0.05, 0) is 163 Å². The van der Waals surface area contributed by atoms with E-state index in [-0.39, 0.29) is 0 Å². The van der Waals surface area contributed by atoms with Crippen LogP contribution >= 0.6 is 0 Å². The van der Waals surface area contributed by atoms with Gasteiger partial charge in [0, 0.05) is 51.2 Å². The highest BCUT2D eigenvalue weighted by atomic mass is 15.2. The summed E-state index contributed by atoms with van der Waals surface area (Å²) >= 11 is 0. The molecule has 0 saturated carbocycles. The van der Waals surface area contributed by atoms with Crippen molar-refractivity contribution in [2.75, 3.05) is 14.7 Å². The molecule has 10 rings (SSSR count). The number of nitrogens with zero attached hydrogens (tertiary/aromatic N) is 3. The third-order valence-electron chi connectivity index (χ3n) is 12.3. The number of benzene rings is 10. The van der Waals surface area contributed by atoms with Gasteiger partial charge in [-0.25, -0.2) is 0 Å². The molecule has 3 heteroatoms. The number of anilines is 9. The highest BCUT2D eigenvalue weighted by Gasteiger charge is 2.17. The third kappa shape index (κ3) is 9.01. The predicted octanol–water partition coefficient (Wildman–Crippen LogP) is 18.0. The Balaban J connectivity index is 0.898. The van der Waals surface area contributed by atoms with Crippen molar-refractivity contribution in [2.45, 2.75) is 20.8 Å². The van der Waals surface area contributed by atoms with Gasteiger partial charge >= 0.3 is 0 Å². The van der Waals surface area contributed by atoms with Crippen LogP contribution in [0.15, 0.2) is 255 Å². The Morgan fingerprint density at radius 3 is 0.530 bits per heavy atom. The number of hydrogen-bond acceptors (Lipinski definition) is 3. The highest BCUT2D eigenvalue weighted by Crippen LogP contribution is 2.40. The summed E-state index contributed by atoms with van der Waals surface area (Å²) in [4.78, 5) is 6.95. The second-order valence-corrected chi connectivity index (χ2v) is 16.9. The fourth-order valence-corrected chi connectivity index (χ4v) is 8.64. The third-order valence-corrected chi connectivity index (χ3v) is 12.3. The predicted molar refractivity (Wildman–Crippen MR) is 281 cm³/mol. The van der Waals surface area contributed by atoms with Gasteiger partial charge in [-0.1, -0.05) is 162 Å². The quantitative estimate of drug-likeness (QED) is 0.121. The van der Waals surface area contributed by atoms with Gasteiger partial charge in [0.2, 0.25) is 0 Å². The van der Waals surface area contributed by atoms with Gasteiger partial charge in [0.25, 0.3) is 0 Å². The maximum absolute atomic E-state index is 2.33. The van der Waals surface area contributed by atoms with Gasteiger partial charge in [0.15, 0.2) is 0 Å². The second kappa shape index (κ2) is 18.8. The van der Waals surface area contributed by atoms with E-state index in [1.54, 1.807) is 0 Å². The lowest BCUT2D eigenvalue weighted by atomic mass is 10.0. The summed E-state index contributed by atoms with van der Waals surface area (Å²) in [6.07, 6.45) is 0. The van der Waals surface area contributed by atoms with Crippen LogP contribution in [0.4, 0.5) is 51.2 Å². The zero-order chi connectivity index (χ0) is 44.8. The number of aryl methyl sites for hydroxylation is 3. The van der Waals surface area contributed by atoms with E-state index in [2.05, 4.69) is 290 Å². The Bertz CT molecular complexity index is 3130. The minimum Gasteiger partial charge on any atom is -0.311 e. The highest BCUT2D eigenvalue weighted by molar-refractivity contribution is 5.83. The van der Waals surface area contributed by atoms with E-state index in [9.17, 15) is 0 Å². The maximum Gasteiger partial charge on any atom is 0.0462 e. The summed E-state index contributed by atoms with van der Waals surface area (Å²) in [5, 5.41) is 0. The molecular weight excluding hydrogens is 799 g/mol. The molecule has 66 heavy (non-hydrogen) atoms. The van der Waals surface area contributed by atoms with Crippen molar-refractivity contribution in [1.82, 2.24) is 0 Å². The smallest absolute Gasteiger partial charge is 0.0462 e. The summed E-state index contributed by atoms with van der Waals surface area (Å²) < 4.78 is 0. The molecule has 0 amide bonds. The van der Waals surface area contributed by atoms with Gasteiger partial charge in [0.05, 0.1) is 0 Å². The Morgan fingerprint density at radius 1 is 0.167 bits per heavy atom. The standard InChI is InChI=1S/C63H51N3/c1-46-14-20-49(21-15-46)50-22-42-62(43-23-50)66(58-34-18-48(3)19-35-58)63-44-30-54(31-45-63)53-28-40-61(41-29-53)65(56-12-8-5-9-13-56)60-38-26-52(27-39-60)51-24-36-59(37-25-51)64(55-10-6-4-7-11-55)57-32-16-47(2)17-33-57/h4-45H,1-3H3. The molecular formula is C63H51N3. The summed E-state index contributed by atoms with van der Waals surface area (Å²) in [5.41, 5.74) is 20.8. The topological polar surface area (TPSA) is 9.72 Å². The molecule has 0 aliphatic carbocycles. The van der Waals surface area contributed by atoms with Crippen molar-refractivity contribution in [1.29, 1.82) is 0 Å². The SMILES string of the molecule is Cc1ccc(-c2ccc(N(c3ccc(C)cc3)c3ccc(-c4ccc(N(c5ccccc5)c5ccc(-c6ccc(N(c7ccccc7)c7ccc(C)cc7)cc6)cc5)cc4)cc3)cc2)cc1.